The van der Waals surface area contributed by atoms with Crippen molar-refractivity contribution in [1.29, 1.82) is 0 Å². The summed E-state index contributed by atoms with van der Waals surface area (Å²) in [6.07, 6.45) is 0. The van der Waals surface area contributed by atoms with E-state index in [-0.39, 0.29) is 5.91 Å². The summed E-state index contributed by atoms with van der Waals surface area (Å²) in [6.45, 7) is 5.46. The highest BCUT2D eigenvalue weighted by molar-refractivity contribution is 5.94. The Morgan fingerprint density at radius 1 is 1.24 bits per heavy atom. The molecule has 0 bridgehead atoms. The van der Waals surface area contributed by atoms with Crippen LogP contribution in [0.2, 0.25) is 0 Å². The molecule has 0 unspecified atom stereocenters. The second-order valence-corrected chi connectivity index (χ2v) is 4.23. The van der Waals surface area contributed by atoms with Crippen LogP contribution < -0.4 is 10.2 Å². The van der Waals surface area contributed by atoms with E-state index in [0.29, 0.717) is 0 Å². The molecule has 0 saturated carbocycles. The Labute approximate surface area is 102 Å². The molecular weight excluding hydrogens is 216 g/mol. The molecule has 0 spiro atoms. The molecule has 0 aromatic heterocycles. The molecule has 0 radical (unpaired) electrons. The third-order valence-corrected chi connectivity index (χ3v) is 3.00. The van der Waals surface area contributed by atoms with E-state index >= 15 is 0 Å². The lowest BCUT2D eigenvalue weighted by atomic mass is 10.2. The number of hydrogen-bond acceptors (Lipinski definition) is 2. The number of benzene rings is 1. The molecule has 1 aromatic carbocycles. The predicted molar refractivity (Wildman–Crippen MR) is 65.2 cm³/mol. The first-order valence-corrected chi connectivity index (χ1v) is 6.11. The van der Waals surface area contributed by atoms with Gasteiger partial charge in [-0.2, -0.15) is 0 Å². The second kappa shape index (κ2) is 6.37. The quantitative estimate of drug-likeness (QED) is 0.727. The minimum Gasteiger partial charge on any atom is -0.370 e. The van der Waals surface area contributed by atoms with Crippen LogP contribution >= 0.6 is 0 Å². The van der Waals surface area contributed by atoms with Crippen LogP contribution in [-0.4, -0.2) is 45.3 Å². The number of rotatable bonds is 4. The highest BCUT2D eigenvalue weighted by Gasteiger charge is 2.13. The molecule has 1 fully saturated rings. The van der Waals surface area contributed by atoms with Crippen molar-refractivity contribution in [2.24, 2.45) is 0 Å². The lowest BCUT2D eigenvalue weighted by Crippen LogP contribution is -3.14. The number of carbonyl (C=O) groups excluding carboxylic acids is 1. The number of ether oxygens (including phenoxy) is 1. The lowest BCUT2D eigenvalue weighted by Gasteiger charge is -2.23. The molecule has 92 valence electrons. The van der Waals surface area contributed by atoms with Crippen LogP contribution in [-0.2, 0) is 4.74 Å². The molecule has 0 aliphatic carbocycles. The SMILES string of the molecule is O=C(NCC[NH+]1CCOCC1)c1ccccc1. The van der Waals surface area contributed by atoms with Gasteiger partial charge in [-0.3, -0.25) is 4.79 Å². The first-order chi connectivity index (χ1) is 8.36. The van der Waals surface area contributed by atoms with Gasteiger partial charge < -0.3 is 15.0 Å². The Morgan fingerprint density at radius 3 is 2.65 bits per heavy atom. The van der Waals surface area contributed by atoms with Gasteiger partial charge in [0.2, 0.25) is 0 Å². The fourth-order valence-electron chi connectivity index (χ4n) is 1.95. The Kier molecular flexibility index (Phi) is 4.53. The van der Waals surface area contributed by atoms with Crippen molar-refractivity contribution in [1.82, 2.24) is 5.32 Å². The molecule has 1 aromatic rings. The van der Waals surface area contributed by atoms with Crippen molar-refractivity contribution in [2.45, 2.75) is 0 Å². The van der Waals surface area contributed by atoms with E-state index in [4.69, 9.17) is 4.74 Å². The van der Waals surface area contributed by atoms with E-state index in [1.54, 1.807) is 0 Å². The molecule has 4 nitrogen and oxygen atoms in total. The summed E-state index contributed by atoms with van der Waals surface area (Å²) in [5, 5.41) is 2.95. The van der Waals surface area contributed by atoms with Gasteiger partial charge in [0.15, 0.2) is 0 Å². The van der Waals surface area contributed by atoms with Gasteiger partial charge in [-0.25, -0.2) is 0 Å². The first kappa shape index (κ1) is 12.1. The van der Waals surface area contributed by atoms with Crippen molar-refractivity contribution in [3.63, 3.8) is 0 Å². The van der Waals surface area contributed by atoms with Gasteiger partial charge in [0.25, 0.3) is 5.91 Å². The fraction of sp³-hybridized carbons (Fsp3) is 0.462. The molecular formula is C13H19N2O2+. The van der Waals surface area contributed by atoms with E-state index in [0.717, 1.165) is 45.0 Å². The maximum absolute atomic E-state index is 11.7. The largest absolute Gasteiger partial charge is 0.370 e. The van der Waals surface area contributed by atoms with E-state index in [1.165, 1.54) is 4.90 Å². The number of morpholine rings is 1. The van der Waals surface area contributed by atoms with Gasteiger partial charge in [-0.1, -0.05) is 18.2 Å². The summed E-state index contributed by atoms with van der Waals surface area (Å²) >= 11 is 0. The summed E-state index contributed by atoms with van der Waals surface area (Å²) in [6, 6.07) is 9.33. The van der Waals surface area contributed by atoms with Gasteiger partial charge in [-0.15, -0.1) is 0 Å². The molecule has 1 saturated heterocycles. The highest BCUT2D eigenvalue weighted by atomic mass is 16.5. The van der Waals surface area contributed by atoms with Crippen molar-refractivity contribution < 1.29 is 14.4 Å². The van der Waals surface area contributed by atoms with Gasteiger partial charge in [-0.05, 0) is 12.1 Å². The molecule has 1 aliphatic rings. The predicted octanol–water partition coefficient (Wildman–Crippen LogP) is -0.668. The topological polar surface area (TPSA) is 42.8 Å². The number of hydrogen-bond donors (Lipinski definition) is 2. The van der Waals surface area contributed by atoms with E-state index in [1.807, 2.05) is 30.3 Å². The van der Waals surface area contributed by atoms with E-state index in [9.17, 15) is 4.79 Å². The van der Waals surface area contributed by atoms with Crippen LogP contribution in [0.15, 0.2) is 30.3 Å². The van der Waals surface area contributed by atoms with E-state index in [2.05, 4.69) is 5.32 Å². The Balaban J connectivity index is 1.69. The Morgan fingerprint density at radius 2 is 1.94 bits per heavy atom. The van der Waals surface area contributed by atoms with Gasteiger partial charge in [0.05, 0.1) is 26.3 Å². The van der Waals surface area contributed by atoms with Crippen LogP contribution in [0.3, 0.4) is 0 Å². The number of nitrogens with one attached hydrogen (secondary N) is 2. The van der Waals surface area contributed by atoms with Crippen molar-refractivity contribution >= 4 is 5.91 Å². The standard InChI is InChI=1S/C13H18N2O2/c16-13(12-4-2-1-3-5-12)14-6-7-15-8-10-17-11-9-15/h1-5H,6-11H2,(H,14,16)/p+1. The molecule has 17 heavy (non-hydrogen) atoms. The monoisotopic (exact) mass is 235 g/mol. The summed E-state index contributed by atoms with van der Waals surface area (Å²) in [7, 11) is 0. The number of carbonyl (C=O) groups is 1. The molecule has 1 heterocycles. The third-order valence-electron chi connectivity index (χ3n) is 3.00. The van der Waals surface area contributed by atoms with Crippen LogP contribution in [0.1, 0.15) is 10.4 Å². The molecule has 2 rings (SSSR count). The van der Waals surface area contributed by atoms with Crippen LogP contribution in [0.4, 0.5) is 0 Å². The minimum atomic E-state index is 0.0123. The number of quaternary nitrogens is 1. The summed E-state index contributed by atoms with van der Waals surface area (Å²) in [5.41, 5.74) is 0.726. The smallest absolute Gasteiger partial charge is 0.251 e. The molecule has 1 aliphatic heterocycles. The molecule has 0 atom stereocenters. The second-order valence-electron chi connectivity index (χ2n) is 4.23. The molecule has 1 amide bonds. The zero-order valence-electron chi connectivity index (χ0n) is 9.95. The van der Waals surface area contributed by atoms with E-state index < -0.39 is 0 Å². The lowest BCUT2D eigenvalue weighted by molar-refractivity contribution is -0.906. The summed E-state index contributed by atoms with van der Waals surface area (Å²) in [4.78, 5) is 13.2. The third kappa shape index (κ3) is 3.84. The summed E-state index contributed by atoms with van der Waals surface area (Å²) in [5.74, 6) is 0.0123. The van der Waals surface area contributed by atoms with Crippen molar-refractivity contribution in [3.05, 3.63) is 35.9 Å². The van der Waals surface area contributed by atoms with Crippen molar-refractivity contribution in [2.75, 3.05) is 39.4 Å². The molecule has 2 N–H and O–H groups in total. The van der Waals surface area contributed by atoms with Crippen LogP contribution in [0.25, 0.3) is 0 Å². The summed E-state index contributed by atoms with van der Waals surface area (Å²) < 4.78 is 5.29. The number of amides is 1. The zero-order chi connectivity index (χ0) is 11.9. The Hall–Kier alpha value is -1.39. The maximum Gasteiger partial charge on any atom is 0.251 e. The Bertz CT molecular complexity index is 348. The fourth-order valence-corrected chi connectivity index (χ4v) is 1.95. The van der Waals surface area contributed by atoms with Gasteiger partial charge >= 0.3 is 0 Å². The highest BCUT2D eigenvalue weighted by Crippen LogP contribution is 1.96. The zero-order valence-corrected chi connectivity index (χ0v) is 9.95. The van der Waals surface area contributed by atoms with Gasteiger partial charge in [0, 0.05) is 5.56 Å². The molecule has 4 heteroatoms. The minimum absolute atomic E-state index is 0.0123. The first-order valence-electron chi connectivity index (χ1n) is 6.11. The normalized spacial score (nSPS) is 16.7. The van der Waals surface area contributed by atoms with Crippen LogP contribution in [0.5, 0.6) is 0 Å². The van der Waals surface area contributed by atoms with Crippen molar-refractivity contribution in [3.8, 4) is 0 Å². The maximum atomic E-state index is 11.7. The average molecular weight is 235 g/mol. The van der Waals surface area contributed by atoms with Gasteiger partial charge in [0.1, 0.15) is 13.1 Å². The van der Waals surface area contributed by atoms with Crippen LogP contribution in [0, 0.1) is 0 Å². The average Bonchev–Trinajstić information content (AvgIpc) is 2.41.